The first-order valence-electron chi connectivity index (χ1n) is 28.6. The molecule has 428 valence electrons. The SMILES string of the molecule is CC.CN(C)CCC(=O)NC(COCCC(C)(C)CC(C)(C)/C=C\C(C)(C)CC(C)(C)C)(COCC(C)(C)CC(C)(C)/C=C\C(C)(C)CC(C)(C)C)COCC(C)(C)CC(C)(C)/C=C\C(C)(C)CC(C)(C)C. The van der Waals surface area contributed by atoms with Crippen LogP contribution in [-0.2, 0) is 19.0 Å². The predicted octanol–water partition coefficient (Wildman–Crippen LogP) is 18.6. The van der Waals surface area contributed by atoms with Crippen LogP contribution in [0.25, 0.3) is 0 Å². The van der Waals surface area contributed by atoms with Crippen LogP contribution in [0, 0.1) is 65.0 Å². The zero-order chi connectivity index (χ0) is 57.3. The minimum Gasteiger partial charge on any atom is -0.379 e. The maximum atomic E-state index is 14.0. The molecule has 0 aliphatic rings. The van der Waals surface area contributed by atoms with E-state index in [0.29, 0.717) is 52.6 Å². The van der Waals surface area contributed by atoms with Crippen LogP contribution in [0.5, 0.6) is 0 Å². The molecule has 0 rings (SSSR count). The lowest BCUT2D eigenvalue weighted by Gasteiger charge is -2.39. The Bertz CT molecular complexity index is 1560. The van der Waals surface area contributed by atoms with E-state index in [1.807, 2.05) is 27.9 Å². The maximum absolute atomic E-state index is 14.0. The number of amides is 1. The minimum atomic E-state index is -0.876. The highest BCUT2D eigenvalue weighted by Gasteiger charge is 2.38. The molecule has 6 heteroatoms. The molecule has 72 heavy (non-hydrogen) atoms. The van der Waals surface area contributed by atoms with Crippen LogP contribution in [-0.4, -0.2) is 76.6 Å². The highest BCUT2D eigenvalue weighted by molar-refractivity contribution is 5.77. The Balaban J connectivity index is 0. The van der Waals surface area contributed by atoms with Gasteiger partial charge in [-0.15, -0.1) is 0 Å². The second kappa shape index (κ2) is 28.2. The van der Waals surface area contributed by atoms with Gasteiger partial charge in [-0.2, -0.15) is 0 Å². The van der Waals surface area contributed by atoms with Crippen molar-refractivity contribution >= 4 is 5.91 Å². The standard InChI is InChI=1S/C64H124N2O4.C2H6/c1-52(2,3)40-55(10,11)31-34-58(16,17)43-61(22,23)37-39-68-48-64(65-51(67)30-38-66(28)29,49-69-46-62(24,25)44-59(18,19)35-32-56(12,13)41-53(4,5)6)50-70-47-63(26,27)45-60(20,21)36-33-57(14,15)42-54(7,8)9;1-2/h31-36H,30,37-50H2,1-29H3,(H,65,67);1-2H3/b34-31-,35-32-,36-33-;. The van der Waals surface area contributed by atoms with E-state index in [9.17, 15) is 4.79 Å². The van der Waals surface area contributed by atoms with Crippen molar-refractivity contribution in [2.75, 3.05) is 60.3 Å². The second-order valence-corrected chi connectivity index (χ2v) is 33.3. The summed E-state index contributed by atoms with van der Waals surface area (Å²) in [6.07, 6.45) is 22.2. The first-order valence-corrected chi connectivity index (χ1v) is 28.6. The molecule has 0 bridgehead atoms. The molecule has 0 atom stereocenters. The highest BCUT2D eigenvalue weighted by Crippen LogP contribution is 2.43. The number of nitrogens with one attached hydrogen (secondary N) is 1. The molecule has 0 aromatic heterocycles. The van der Waals surface area contributed by atoms with Gasteiger partial charge in [-0.3, -0.25) is 4.79 Å². The molecule has 0 heterocycles. The molecule has 6 nitrogen and oxygen atoms in total. The van der Waals surface area contributed by atoms with Crippen molar-refractivity contribution in [1.82, 2.24) is 10.2 Å². The largest absolute Gasteiger partial charge is 0.379 e. The summed E-state index contributed by atoms with van der Waals surface area (Å²) in [6, 6.07) is 0. The van der Waals surface area contributed by atoms with Crippen LogP contribution < -0.4 is 5.32 Å². The summed E-state index contributed by atoms with van der Waals surface area (Å²) in [5, 5.41) is 3.48. The van der Waals surface area contributed by atoms with Crippen LogP contribution in [0.2, 0.25) is 0 Å². The van der Waals surface area contributed by atoms with Crippen LogP contribution in [0.3, 0.4) is 0 Å². The Morgan fingerprint density at radius 1 is 0.389 bits per heavy atom. The monoisotopic (exact) mass is 1020 g/mol. The number of ether oxygens (including phenoxy) is 3. The van der Waals surface area contributed by atoms with Gasteiger partial charge in [0.15, 0.2) is 0 Å². The molecule has 1 amide bonds. The number of carbonyl (C=O) groups excluding carboxylic acids is 1. The van der Waals surface area contributed by atoms with Gasteiger partial charge in [0, 0.05) is 19.6 Å². The van der Waals surface area contributed by atoms with Crippen molar-refractivity contribution in [3.8, 4) is 0 Å². The first-order chi connectivity index (χ1) is 31.8. The van der Waals surface area contributed by atoms with E-state index < -0.39 is 5.54 Å². The van der Waals surface area contributed by atoms with Crippen LogP contribution in [0.1, 0.15) is 252 Å². The van der Waals surface area contributed by atoms with Gasteiger partial charge in [0.05, 0.1) is 33.0 Å². The number of rotatable bonds is 32. The van der Waals surface area contributed by atoms with E-state index in [1.165, 1.54) is 0 Å². The zero-order valence-electron chi connectivity index (χ0n) is 54.7. The van der Waals surface area contributed by atoms with Crippen LogP contribution in [0.15, 0.2) is 36.5 Å². The second-order valence-electron chi connectivity index (χ2n) is 33.3. The number of carbonyl (C=O) groups is 1. The van der Waals surface area contributed by atoms with Gasteiger partial charge in [-0.05, 0) is 124 Å². The van der Waals surface area contributed by atoms with Crippen molar-refractivity contribution in [3.63, 3.8) is 0 Å². The third-order valence-electron chi connectivity index (χ3n) is 13.0. The number of hydrogen-bond donors (Lipinski definition) is 1. The van der Waals surface area contributed by atoms with Gasteiger partial charge < -0.3 is 24.4 Å². The molecule has 0 saturated carbocycles. The highest BCUT2D eigenvalue weighted by atomic mass is 16.5. The Morgan fingerprint density at radius 2 is 0.653 bits per heavy atom. The van der Waals surface area contributed by atoms with Crippen molar-refractivity contribution in [2.24, 2.45) is 65.0 Å². The van der Waals surface area contributed by atoms with Gasteiger partial charge in [0.2, 0.25) is 5.91 Å². The summed E-state index contributed by atoms with van der Waals surface area (Å²) in [6.45, 7) is 70.3. The van der Waals surface area contributed by atoms with E-state index in [0.717, 1.165) is 44.9 Å². The van der Waals surface area contributed by atoms with Gasteiger partial charge in [0.1, 0.15) is 5.54 Å². The molecule has 0 fully saturated rings. The van der Waals surface area contributed by atoms with Gasteiger partial charge in [-0.1, -0.05) is 237 Å². The molecule has 0 aromatic carbocycles. The maximum Gasteiger partial charge on any atom is 0.221 e. The van der Waals surface area contributed by atoms with Crippen molar-refractivity contribution in [2.45, 2.75) is 258 Å². The summed E-state index contributed by atoms with van der Waals surface area (Å²) in [5.74, 6) is -0.0143. The van der Waals surface area contributed by atoms with Gasteiger partial charge in [-0.25, -0.2) is 0 Å². The normalized spacial score (nSPS) is 15.1. The van der Waals surface area contributed by atoms with E-state index in [-0.39, 0.29) is 70.9 Å². The van der Waals surface area contributed by atoms with E-state index in [2.05, 4.69) is 234 Å². The van der Waals surface area contributed by atoms with Crippen molar-refractivity contribution < 1.29 is 19.0 Å². The third-order valence-corrected chi connectivity index (χ3v) is 13.0. The Morgan fingerprint density at radius 3 is 0.931 bits per heavy atom. The molecule has 1 N–H and O–H groups in total. The summed E-state index contributed by atoms with van der Waals surface area (Å²) in [7, 11) is 4.02. The molecular weight excluding hydrogens is 885 g/mol. The molecular formula is C66H130N2O4. The molecule has 0 radical (unpaired) electrons. The fourth-order valence-electron chi connectivity index (χ4n) is 12.3. The van der Waals surface area contributed by atoms with E-state index >= 15 is 0 Å². The lowest BCUT2D eigenvalue weighted by Crippen LogP contribution is -2.59. The summed E-state index contributed by atoms with van der Waals surface area (Å²) < 4.78 is 20.4. The fourth-order valence-corrected chi connectivity index (χ4v) is 12.3. The average Bonchev–Trinajstić information content (AvgIpc) is 3.10. The minimum absolute atomic E-state index is 0.0143. The lowest BCUT2D eigenvalue weighted by molar-refractivity contribution is -0.129. The number of allylic oxidation sites excluding steroid dienone is 6. The van der Waals surface area contributed by atoms with E-state index in [4.69, 9.17) is 14.2 Å². The summed E-state index contributed by atoms with van der Waals surface area (Å²) >= 11 is 0. The third kappa shape index (κ3) is 38.1. The van der Waals surface area contributed by atoms with Crippen molar-refractivity contribution in [1.29, 1.82) is 0 Å². The first kappa shape index (κ1) is 72.6. The fraction of sp³-hybridized carbons (Fsp3) is 0.894. The smallest absolute Gasteiger partial charge is 0.221 e. The number of nitrogens with zero attached hydrogens (tertiary/aromatic N) is 1. The Kier molecular flexibility index (Phi) is 28.5. The van der Waals surface area contributed by atoms with Crippen LogP contribution >= 0.6 is 0 Å². The average molecular weight is 1020 g/mol. The Labute approximate surface area is 452 Å². The van der Waals surface area contributed by atoms with Gasteiger partial charge in [0.25, 0.3) is 0 Å². The molecule has 0 unspecified atom stereocenters. The molecule has 0 aromatic rings. The lowest BCUT2D eigenvalue weighted by atomic mass is 9.71. The van der Waals surface area contributed by atoms with Crippen LogP contribution in [0.4, 0.5) is 0 Å². The summed E-state index contributed by atoms with van der Waals surface area (Å²) in [4.78, 5) is 16.0. The van der Waals surface area contributed by atoms with Crippen molar-refractivity contribution in [3.05, 3.63) is 36.5 Å². The molecule has 0 aliphatic carbocycles. The molecule has 0 aliphatic heterocycles. The molecule has 0 spiro atoms. The zero-order valence-corrected chi connectivity index (χ0v) is 54.7. The topological polar surface area (TPSA) is 60.0 Å². The van der Waals surface area contributed by atoms with Gasteiger partial charge >= 0.3 is 0 Å². The summed E-state index contributed by atoms with van der Waals surface area (Å²) in [5.41, 5.74) is 0.0210. The van der Waals surface area contributed by atoms with E-state index in [1.54, 1.807) is 0 Å². The number of hydrogen-bond acceptors (Lipinski definition) is 5. The predicted molar refractivity (Wildman–Crippen MR) is 320 cm³/mol. The quantitative estimate of drug-likeness (QED) is 0.0537. The molecule has 0 saturated heterocycles. The Hall–Kier alpha value is -1.47.